The number of methoxy groups -OCH3 is 2. The van der Waals surface area contributed by atoms with Crippen molar-refractivity contribution in [2.24, 2.45) is 0 Å². The molecule has 0 heterocycles. The van der Waals surface area contributed by atoms with Gasteiger partial charge in [0.05, 0.1) is 25.5 Å². The maximum absolute atomic E-state index is 12.6. The summed E-state index contributed by atoms with van der Waals surface area (Å²) in [6, 6.07) is 8.81. The highest BCUT2D eigenvalue weighted by molar-refractivity contribution is 7.89. The Morgan fingerprint density at radius 1 is 1.03 bits per heavy atom. The minimum absolute atomic E-state index is 0.0492. The van der Waals surface area contributed by atoms with Crippen molar-refractivity contribution in [1.29, 1.82) is 0 Å². The number of rotatable bonds is 9. The van der Waals surface area contributed by atoms with Crippen LogP contribution in [0.4, 0.5) is 5.69 Å². The fraction of sp³-hybridized carbons (Fsp3) is 0.364. The average molecular weight is 464 g/mol. The number of sulfonamides is 1. The second-order valence-corrected chi connectivity index (χ2v) is 9.56. The van der Waals surface area contributed by atoms with Crippen molar-refractivity contribution < 1.29 is 27.5 Å². The first kappa shape index (κ1) is 25.2. The van der Waals surface area contributed by atoms with E-state index in [1.165, 1.54) is 40.4 Å². The van der Waals surface area contributed by atoms with Crippen LogP contribution in [0.25, 0.3) is 0 Å². The monoisotopic (exact) mass is 463 g/mol. The summed E-state index contributed by atoms with van der Waals surface area (Å²) in [5.74, 6) is 0.249. The van der Waals surface area contributed by atoms with Gasteiger partial charge in [-0.2, -0.15) is 0 Å². The Bertz CT molecular complexity index is 1100. The third-order valence-corrected chi connectivity index (χ3v) is 6.64. The van der Waals surface area contributed by atoms with Crippen LogP contribution in [-0.4, -0.2) is 58.9 Å². The summed E-state index contributed by atoms with van der Waals surface area (Å²) >= 11 is 0. The molecule has 9 nitrogen and oxygen atoms in total. The van der Waals surface area contributed by atoms with Crippen LogP contribution in [0.2, 0.25) is 0 Å². The highest BCUT2D eigenvalue weighted by Crippen LogP contribution is 2.27. The molecule has 0 aliphatic heterocycles. The Hall–Kier alpha value is -3.11. The number of nitrogens with zero attached hydrogens (tertiary/aromatic N) is 1. The quantitative estimate of drug-likeness (QED) is 0.588. The van der Waals surface area contributed by atoms with Crippen molar-refractivity contribution in [3.8, 4) is 11.5 Å². The van der Waals surface area contributed by atoms with Crippen LogP contribution in [0, 0.1) is 6.92 Å². The molecule has 0 saturated heterocycles. The van der Waals surface area contributed by atoms with Crippen LogP contribution in [0.1, 0.15) is 18.1 Å². The normalized spacial score (nSPS) is 12.2. The third kappa shape index (κ3) is 5.98. The lowest BCUT2D eigenvalue weighted by atomic mass is 10.1. The van der Waals surface area contributed by atoms with Gasteiger partial charge in [-0.3, -0.25) is 9.59 Å². The van der Waals surface area contributed by atoms with Gasteiger partial charge in [0.1, 0.15) is 6.04 Å². The number of carbonyl (C=O) groups is 2. The van der Waals surface area contributed by atoms with Crippen LogP contribution in [0.3, 0.4) is 0 Å². The topological polar surface area (TPSA) is 114 Å². The van der Waals surface area contributed by atoms with E-state index in [1.54, 1.807) is 38.1 Å². The fourth-order valence-electron chi connectivity index (χ4n) is 2.88. The third-order valence-electron chi connectivity index (χ3n) is 4.83. The van der Waals surface area contributed by atoms with Crippen LogP contribution in [-0.2, 0) is 26.0 Å². The summed E-state index contributed by atoms with van der Waals surface area (Å²) < 4.78 is 36.2. The van der Waals surface area contributed by atoms with Crippen molar-refractivity contribution in [3.63, 3.8) is 0 Å². The van der Waals surface area contributed by atoms with E-state index in [0.717, 1.165) is 4.31 Å². The highest BCUT2D eigenvalue weighted by Gasteiger charge is 2.21. The Morgan fingerprint density at radius 3 is 2.28 bits per heavy atom. The Morgan fingerprint density at radius 2 is 1.69 bits per heavy atom. The van der Waals surface area contributed by atoms with Crippen LogP contribution >= 0.6 is 0 Å². The molecule has 0 radical (unpaired) electrons. The number of hydrogen-bond donors (Lipinski definition) is 2. The lowest BCUT2D eigenvalue weighted by molar-refractivity contribution is -0.125. The number of ether oxygens (including phenoxy) is 2. The van der Waals surface area contributed by atoms with E-state index in [1.807, 2.05) is 0 Å². The lowest BCUT2D eigenvalue weighted by Gasteiger charge is -2.17. The molecule has 0 spiro atoms. The number of hydrogen-bond acceptors (Lipinski definition) is 6. The number of anilines is 1. The molecule has 0 bridgehead atoms. The average Bonchev–Trinajstić information content (AvgIpc) is 2.74. The molecule has 2 aromatic rings. The first-order chi connectivity index (χ1) is 15.0. The summed E-state index contributed by atoms with van der Waals surface area (Å²) in [6.07, 6.45) is 0.0492. The van der Waals surface area contributed by atoms with Gasteiger partial charge in [-0.15, -0.1) is 0 Å². The Labute approximate surface area is 188 Å². The van der Waals surface area contributed by atoms with Gasteiger partial charge < -0.3 is 20.1 Å². The number of amides is 2. The van der Waals surface area contributed by atoms with Gasteiger partial charge in [0.25, 0.3) is 0 Å². The molecule has 1 unspecified atom stereocenters. The molecular formula is C22H29N3O6S. The van der Waals surface area contributed by atoms with Crippen LogP contribution in [0.5, 0.6) is 11.5 Å². The van der Waals surface area contributed by atoms with Gasteiger partial charge >= 0.3 is 0 Å². The molecule has 2 amide bonds. The predicted molar refractivity (Wildman–Crippen MR) is 122 cm³/mol. The summed E-state index contributed by atoms with van der Waals surface area (Å²) in [6.45, 7) is 3.31. The zero-order valence-electron chi connectivity index (χ0n) is 19.1. The summed E-state index contributed by atoms with van der Waals surface area (Å²) in [5.41, 5.74) is 1.75. The summed E-state index contributed by atoms with van der Waals surface area (Å²) in [7, 11) is 2.26. The lowest BCUT2D eigenvalue weighted by Crippen LogP contribution is -2.42. The van der Waals surface area contributed by atoms with E-state index < -0.39 is 22.0 Å². The number of carbonyl (C=O) groups excluding carboxylic acids is 2. The number of benzene rings is 2. The zero-order chi connectivity index (χ0) is 24.1. The molecule has 32 heavy (non-hydrogen) atoms. The molecule has 0 aromatic heterocycles. The molecule has 2 rings (SSSR count). The summed E-state index contributed by atoms with van der Waals surface area (Å²) in [5, 5.41) is 5.34. The van der Waals surface area contributed by atoms with Crippen molar-refractivity contribution in [1.82, 2.24) is 9.62 Å². The van der Waals surface area contributed by atoms with E-state index in [-0.39, 0.29) is 17.2 Å². The maximum atomic E-state index is 12.6. The van der Waals surface area contributed by atoms with Gasteiger partial charge in [0.15, 0.2) is 11.5 Å². The number of aryl methyl sites for hydroxylation is 1. The minimum atomic E-state index is -3.64. The van der Waals surface area contributed by atoms with Crippen molar-refractivity contribution in [2.75, 3.05) is 33.6 Å². The van der Waals surface area contributed by atoms with Crippen LogP contribution in [0.15, 0.2) is 41.3 Å². The van der Waals surface area contributed by atoms with E-state index >= 15 is 0 Å². The molecule has 0 saturated carbocycles. The van der Waals surface area contributed by atoms with Crippen molar-refractivity contribution in [3.05, 3.63) is 47.5 Å². The molecule has 0 aliphatic rings. The summed E-state index contributed by atoms with van der Waals surface area (Å²) in [4.78, 5) is 25.1. The van der Waals surface area contributed by atoms with Gasteiger partial charge in [0.2, 0.25) is 21.8 Å². The molecule has 2 aromatic carbocycles. The SMILES string of the molecule is COc1ccc(CC(=O)NC(C)C(=O)Nc2cc(S(=O)(=O)N(C)C)ccc2C)cc1OC. The smallest absolute Gasteiger partial charge is 0.246 e. The van der Waals surface area contributed by atoms with E-state index in [9.17, 15) is 18.0 Å². The highest BCUT2D eigenvalue weighted by atomic mass is 32.2. The largest absolute Gasteiger partial charge is 0.493 e. The molecule has 174 valence electrons. The predicted octanol–water partition coefficient (Wildman–Crippen LogP) is 1.95. The second kappa shape index (κ2) is 10.5. The fourth-order valence-corrected chi connectivity index (χ4v) is 3.81. The number of nitrogens with one attached hydrogen (secondary N) is 2. The van der Waals surface area contributed by atoms with Gasteiger partial charge in [-0.1, -0.05) is 12.1 Å². The van der Waals surface area contributed by atoms with Gasteiger partial charge in [-0.25, -0.2) is 12.7 Å². The first-order valence-corrected chi connectivity index (χ1v) is 11.3. The van der Waals surface area contributed by atoms with Crippen LogP contribution < -0.4 is 20.1 Å². The molecule has 1 atom stereocenters. The van der Waals surface area contributed by atoms with E-state index in [4.69, 9.17) is 9.47 Å². The minimum Gasteiger partial charge on any atom is -0.493 e. The van der Waals surface area contributed by atoms with E-state index in [0.29, 0.717) is 28.3 Å². The van der Waals surface area contributed by atoms with Gasteiger partial charge in [-0.05, 0) is 49.2 Å². The first-order valence-electron chi connectivity index (χ1n) is 9.84. The molecule has 0 fully saturated rings. The van der Waals surface area contributed by atoms with Crippen molar-refractivity contribution in [2.45, 2.75) is 31.2 Å². The Kier molecular flexibility index (Phi) is 8.23. The molecular weight excluding hydrogens is 434 g/mol. The molecule has 2 N–H and O–H groups in total. The van der Waals surface area contributed by atoms with E-state index in [2.05, 4.69) is 10.6 Å². The zero-order valence-corrected chi connectivity index (χ0v) is 19.9. The maximum Gasteiger partial charge on any atom is 0.246 e. The standard InChI is InChI=1S/C22H29N3O6S/c1-14-7-9-17(32(28,29)25(3)4)13-18(14)24-22(27)15(2)23-21(26)12-16-8-10-19(30-5)20(11-16)31-6/h7-11,13,15H,12H2,1-6H3,(H,23,26)(H,24,27). The Balaban J connectivity index is 2.06. The second-order valence-electron chi connectivity index (χ2n) is 7.41. The van der Waals surface area contributed by atoms with Gasteiger partial charge in [0, 0.05) is 19.8 Å². The molecule has 10 heteroatoms. The molecule has 0 aliphatic carbocycles. The van der Waals surface area contributed by atoms with Crippen molar-refractivity contribution >= 4 is 27.5 Å².